The summed E-state index contributed by atoms with van der Waals surface area (Å²) in [6, 6.07) is 16.3. The van der Waals surface area contributed by atoms with Gasteiger partial charge in [0.2, 0.25) is 0 Å². The summed E-state index contributed by atoms with van der Waals surface area (Å²) in [7, 11) is 3.47. The third-order valence-electron chi connectivity index (χ3n) is 3.97. The van der Waals surface area contributed by atoms with Crippen LogP contribution < -0.4 is 15.4 Å². The smallest absolute Gasteiger partial charge is 0.191 e. The Morgan fingerprint density at radius 2 is 1.81 bits per heavy atom. The van der Waals surface area contributed by atoms with E-state index in [1.165, 1.54) is 16.7 Å². The summed E-state index contributed by atoms with van der Waals surface area (Å²) in [6.07, 6.45) is 0.0242. The van der Waals surface area contributed by atoms with Crippen LogP contribution in [-0.4, -0.2) is 32.8 Å². The molecule has 27 heavy (non-hydrogen) atoms. The predicted molar refractivity (Wildman–Crippen MR) is 122 cm³/mol. The Hall–Kier alpha value is -1.80. The summed E-state index contributed by atoms with van der Waals surface area (Å²) < 4.78 is 11.2. The van der Waals surface area contributed by atoms with Crippen molar-refractivity contribution in [1.82, 2.24) is 10.6 Å². The van der Waals surface area contributed by atoms with Gasteiger partial charge in [0.1, 0.15) is 11.9 Å². The van der Waals surface area contributed by atoms with Crippen LogP contribution in [0.4, 0.5) is 0 Å². The molecule has 2 aromatic rings. The van der Waals surface area contributed by atoms with E-state index in [9.17, 15) is 0 Å². The van der Waals surface area contributed by atoms with Crippen molar-refractivity contribution >= 4 is 29.9 Å². The first-order valence-electron chi connectivity index (χ1n) is 8.86. The van der Waals surface area contributed by atoms with Crippen molar-refractivity contribution in [2.45, 2.75) is 33.1 Å². The molecule has 0 heterocycles. The molecule has 0 bridgehead atoms. The third-order valence-corrected chi connectivity index (χ3v) is 3.97. The molecule has 0 spiro atoms. The highest BCUT2D eigenvalue weighted by molar-refractivity contribution is 14.0. The van der Waals surface area contributed by atoms with Crippen molar-refractivity contribution in [3.63, 3.8) is 0 Å². The Labute approximate surface area is 179 Å². The molecule has 0 radical (unpaired) electrons. The number of methoxy groups -OCH3 is 1. The number of ether oxygens (including phenoxy) is 2. The van der Waals surface area contributed by atoms with Gasteiger partial charge in [-0.1, -0.05) is 36.4 Å². The molecule has 5 nitrogen and oxygen atoms in total. The van der Waals surface area contributed by atoms with Crippen LogP contribution in [0.1, 0.15) is 23.6 Å². The number of aryl methyl sites for hydroxylation is 1. The van der Waals surface area contributed by atoms with E-state index in [4.69, 9.17) is 9.47 Å². The van der Waals surface area contributed by atoms with Crippen LogP contribution in [0.15, 0.2) is 53.5 Å². The first kappa shape index (κ1) is 23.2. The summed E-state index contributed by atoms with van der Waals surface area (Å²) in [5.74, 6) is 1.63. The van der Waals surface area contributed by atoms with E-state index in [2.05, 4.69) is 40.7 Å². The lowest BCUT2D eigenvalue weighted by molar-refractivity contribution is 0.184. The molecule has 0 saturated carbocycles. The first-order valence-corrected chi connectivity index (χ1v) is 8.86. The lowest BCUT2D eigenvalue weighted by Gasteiger charge is -2.18. The molecule has 2 aromatic carbocycles. The molecule has 0 aliphatic heterocycles. The lowest BCUT2D eigenvalue weighted by Crippen LogP contribution is -2.41. The molecule has 6 heteroatoms. The van der Waals surface area contributed by atoms with Crippen LogP contribution in [0.25, 0.3) is 0 Å². The highest BCUT2D eigenvalue weighted by atomic mass is 127. The molecule has 2 rings (SSSR count). The second-order valence-electron chi connectivity index (χ2n) is 6.25. The molecule has 2 N–H and O–H groups in total. The Balaban J connectivity index is 0.00000364. The van der Waals surface area contributed by atoms with Crippen molar-refractivity contribution in [3.8, 4) is 5.75 Å². The van der Waals surface area contributed by atoms with E-state index in [-0.39, 0.29) is 30.1 Å². The van der Waals surface area contributed by atoms with Gasteiger partial charge < -0.3 is 20.1 Å². The number of hydrogen-bond acceptors (Lipinski definition) is 3. The number of aliphatic imine (C=N–C) groups is 1. The Morgan fingerprint density at radius 1 is 1.07 bits per heavy atom. The molecule has 0 saturated heterocycles. The van der Waals surface area contributed by atoms with Crippen LogP contribution in [0.5, 0.6) is 5.75 Å². The predicted octanol–water partition coefficient (Wildman–Crippen LogP) is 3.89. The summed E-state index contributed by atoms with van der Waals surface area (Å²) in [5, 5.41) is 6.65. The average Bonchev–Trinajstić information content (AvgIpc) is 2.63. The maximum Gasteiger partial charge on any atom is 0.191 e. The third kappa shape index (κ3) is 8.17. The van der Waals surface area contributed by atoms with Crippen molar-refractivity contribution < 1.29 is 9.47 Å². The molecule has 1 unspecified atom stereocenters. The second kappa shape index (κ2) is 12.6. The summed E-state index contributed by atoms with van der Waals surface area (Å²) >= 11 is 0. The van der Waals surface area contributed by atoms with Crippen LogP contribution in [0.3, 0.4) is 0 Å². The fourth-order valence-electron chi connectivity index (χ4n) is 2.63. The van der Waals surface area contributed by atoms with Gasteiger partial charge in [0.25, 0.3) is 0 Å². The van der Waals surface area contributed by atoms with Gasteiger partial charge in [-0.15, -0.1) is 24.0 Å². The van der Waals surface area contributed by atoms with E-state index < -0.39 is 0 Å². The monoisotopic (exact) mass is 483 g/mol. The molecular weight excluding hydrogens is 453 g/mol. The number of nitrogens with zero attached hydrogens (tertiary/aromatic N) is 1. The quantitative estimate of drug-likeness (QED) is 0.340. The van der Waals surface area contributed by atoms with Gasteiger partial charge in [0.15, 0.2) is 5.96 Å². The molecule has 1 atom stereocenters. The molecular formula is C21H30IN3O2. The fourth-order valence-corrected chi connectivity index (χ4v) is 2.63. The first-order chi connectivity index (χ1) is 12.6. The second-order valence-corrected chi connectivity index (χ2v) is 6.25. The van der Waals surface area contributed by atoms with Crippen molar-refractivity contribution in [1.29, 1.82) is 0 Å². The van der Waals surface area contributed by atoms with E-state index in [1.54, 1.807) is 14.2 Å². The summed E-state index contributed by atoms with van der Waals surface area (Å²) in [4.78, 5) is 4.28. The Kier molecular flexibility index (Phi) is 10.8. The minimum absolute atomic E-state index is 0. The molecule has 0 aromatic heterocycles. The molecule has 0 fully saturated rings. The normalized spacial score (nSPS) is 12.1. The Bertz CT molecular complexity index is 722. The standard InChI is InChI=1S/C21H29N3O2.HI/c1-16-8-7-11-20(12-16)26-17(2)13-23-21(22-3)24-14-18-9-5-6-10-19(18)15-25-4;/h5-12,17H,13-15H2,1-4H3,(H2,22,23,24);1H. The van der Waals surface area contributed by atoms with E-state index >= 15 is 0 Å². The SMILES string of the molecule is CN=C(NCc1ccccc1COC)NCC(C)Oc1cccc(C)c1.I. The minimum Gasteiger partial charge on any atom is -0.489 e. The van der Waals surface area contributed by atoms with Gasteiger partial charge in [-0.05, 0) is 42.7 Å². The summed E-state index contributed by atoms with van der Waals surface area (Å²) in [5.41, 5.74) is 3.56. The van der Waals surface area contributed by atoms with Gasteiger partial charge in [0, 0.05) is 20.7 Å². The van der Waals surface area contributed by atoms with Gasteiger partial charge in [-0.25, -0.2) is 0 Å². The maximum absolute atomic E-state index is 5.94. The van der Waals surface area contributed by atoms with Gasteiger partial charge in [0.05, 0.1) is 13.2 Å². The number of guanidine groups is 1. The van der Waals surface area contributed by atoms with Crippen LogP contribution in [-0.2, 0) is 17.9 Å². The average molecular weight is 483 g/mol. The van der Waals surface area contributed by atoms with Crippen LogP contribution in [0, 0.1) is 6.92 Å². The van der Waals surface area contributed by atoms with E-state index in [0.717, 1.165) is 11.7 Å². The zero-order chi connectivity index (χ0) is 18.8. The van der Waals surface area contributed by atoms with E-state index in [1.807, 2.05) is 37.3 Å². The van der Waals surface area contributed by atoms with Crippen LogP contribution >= 0.6 is 24.0 Å². The van der Waals surface area contributed by atoms with Gasteiger partial charge in [-0.3, -0.25) is 4.99 Å². The molecule has 148 valence electrons. The summed E-state index contributed by atoms with van der Waals surface area (Å²) in [6.45, 7) is 6.05. The zero-order valence-electron chi connectivity index (χ0n) is 16.5. The number of hydrogen-bond donors (Lipinski definition) is 2. The van der Waals surface area contributed by atoms with Crippen molar-refractivity contribution in [2.75, 3.05) is 20.7 Å². The van der Waals surface area contributed by atoms with E-state index in [0.29, 0.717) is 19.7 Å². The fraction of sp³-hybridized carbons (Fsp3) is 0.381. The highest BCUT2D eigenvalue weighted by Crippen LogP contribution is 2.14. The molecule has 0 aliphatic rings. The topological polar surface area (TPSA) is 54.9 Å². The number of benzene rings is 2. The number of rotatable bonds is 8. The highest BCUT2D eigenvalue weighted by Gasteiger charge is 2.07. The van der Waals surface area contributed by atoms with Crippen LogP contribution in [0.2, 0.25) is 0 Å². The zero-order valence-corrected chi connectivity index (χ0v) is 18.8. The van der Waals surface area contributed by atoms with Gasteiger partial charge in [-0.2, -0.15) is 0 Å². The van der Waals surface area contributed by atoms with Crippen molar-refractivity contribution in [2.24, 2.45) is 4.99 Å². The minimum atomic E-state index is 0. The Morgan fingerprint density at radius 3 is 2.48 bits per heavy atom. The number of halogens is 1. The lowest BCUT2D eigenvalue weighted by atomic mass is 10.1. The molecule has 0 aliphatic carbocycles. The molecule has 0 amide bonds. The largest absolute Gasteiger partial charge is 0.489 e. The number of nitrogens with one attached hydrogen (secondary N) is 2. The maximum atomic E-state index is 5.94. The van der Waals surface area contributed by atoms with Crippen molar-refractivity contribution in [3.05, 3.63) is 65.2 Å². The van der Waals surface area contributed by atoms with Gasteiger partial charge >= 0.3 is 0 Å².